The molecule has 1 fully saturated rings. The molecule has 0 amide bonds. The summed E-state index contributed by atoms with van der Waals surface area (Å²) in [6.45, 7) is 6.23. The summed E-state index contributed by atoms with van der Waals surface area (Å²) < 4.78 is 0. The van der Waals surface area contributed by atoms with E-state index in [0.29, 0.717) is 0 Å². The maximum absolute atomic E-state index is 3.47. The molecule has 0 radical (unpaired) electrons. The van der Waals surface area contributed by atoms with Crippen LogP contribution in [0, 0.1) is 5.92 Å². The minimum Gasteiger partial charge on any atom is -0.303 e. The van der Waals surface area contributed by atoms with Gasteiger partial charge in [0.05, 0.1) is 0 Å². The summed E-state index contributed by atoms with van der Waals surface area (Å²) in [6.07, 6.45) is 1.41. The van der Waals surface area contributed by atoms with Crippen molar-refractivity contribution in [2.45, 2.75) is 13.3 Å². The molecule has 0 bridgehead atoms. The van der Waals surface area contributed by atoms with Gasteiger partial charge in [-0.3, -0.25) is 0 Å². The average Bonchev–Trinajstić information content (AvgIpc) is 1.78. The second-order valence-corrected chi connectivity index (χ2v) is 3.56. The van der Waals surface area contributed by atoms with E-state index in [1.807, 2.05) is 0 Å². The zero-order valence-corrected chi connectivity index (χ0v) is 7.52. The van der Waals surface area contributed by atoms with Crippen molar-refractivity contribution in [3.63, 3.8) is 0 Å². The maximum Gasteiger partial charge on any atom is 0.00692 e. The highest BCUT2D eigenvalue weighted by Crippen LogP contribution is 2.10. The lowest BCUT2D eigenvalue weighted by Gasteiger charge is -2.32. The van der Waals surface area contributed by atoms with E-state index in [2.05, 4.69) is 27.8 Å². The van der Waals surface area contributed by atoms with Crippen LogP contribution in [0.15, 0.2) is 0 Å². The standard InChI is InChI=1S/C7H14BrN/c1-7(5-8)6-9-3-2-4-9/h7H,2-6H2,1H3. The molecule has 1 nitrogen and oxygen atoms in total. The molecule has 0 aromatic rings. The van der Waals surface area contributed by atoms with Gasteiger partial charge in [-0.1, -0.05) is 22.9 Å². The van der Waals surface area contributed by atoms with Crippen molar-refractivity contribution in [1.82, 2.24) is 4.90 Å². The second kappa shape index (κ2) is 3.57. The van der Waals surface area contributed by atoms with Crippen LogP contribution in [0.1, 0.15) is 13.3 Å². The van der Waals surface area contributed by atoms with Crippen molar-refractivity contribution in [3.05, 3.63) is 0 Å². The Bertz CT molecular complexity index is 78.2. The Hall–Kier alpha value is 0.440. The Labute approximate surface area is 65.6 Å². The lowest BCUT2D eigenvalue weighted by molar-refractivity contribution is 0.162. The fraction of sp³-hybridized carbons (Fsp3) is 1.00. The molecular formula is C7H14BrN. The number of likely N-dealkylation sites (tertiary alicyclic amines) is 1. The lowest BCUT2D eigenvalue weighted by atomic mass is 10.1. The van der Waals surface area contributed by atoms with Crippen LogP contribution in [0.5, 0.6) is 0 Å². The molecular weight excluding hydrogens is 178 g/mol. The number of rotatable bonds is 3. The van der Waals surface area contributed by atoms with E-state index >= 15 is 0 Å². The van der Waals surface area contributed by atoms with Crippen LogP contribution in [0.4, 0.5) is 0 Å². The normalized spacial score (nSPS) is 23.3. The molecule has 1 heterocycles. The van der Waals surface area contributed by atoms with Gasteiger partial charge in [-0.2, -0.15) is 0 Å². The van der Waals surface area contributed by atoms with Gasteiger partial charge in [-0.05, 0) is 25.4 Å². The highest BCUT2D eigenvalue weighted by atomic mass is 79.9. The summed E-state index contributed by atoms with van der Waals surface area (Å²) in [7, 11) is 0. The van der Waals surface area contributed by atoms with Crippen LogP contribution >= 0.6 is 15.9 Å². The molecule has 0 spiro atoms. The molecule has 0 saturated carbocycles. The summed E-state index contributed by atoms with van der Waals surface area (Å²) in [5, 5.41) is 1.14. The molecule has 54 valence electrons. The summed E-state index contributed by atoms with van der Waals surface area (Å²) in [6, 6.07) is 0. The van der Waals surface area contributed by atoms with Gasteiger partial charge in [0, 0.05) is 11.9 Å². The van der Waals surface area contributed by atoms with Gasteiger partial charge < -0.3 is 4.90 Å². The zero-order chi connectivity index (χ0) is 6.69. The van der Waals surface area contributed by atoms with E-state index in [1.165, 1.54) is 26.1 Å². The second-order valence-electron chi connectivity index (χ2n) is 2.91. The zero-order valence-electron chi connectivity index (χ0n) is 5.94. The summed E-state index contributed by atoms with van der Waals surface area (Å²) >= 11 is 3.47. The van der Waals surface area contributed by atoms with Gasteiger partial charge >= 0.3 is 0 Å². The minimum absolute atomic E-state index is 0.824. The molecule has 1 aliphatic heterocycles. The van der Waals surface area contributed by atoms with Gasteiger partial charge in [0.1, 0.15) is 0 Å². The van der Waals surface area contributed by atoms with E-state index in [0.717, 1.165) is 11.2 Å². The van der Waals surface area contributed by atoms with Crippen LogP contribution in [0.2, 0.25) is 0 Å². The van der Waals surface area contributed by atoms with E-state index in [4.69, 9.17) is 0 Å². The summed E-state index contributed by atoms with van der Waals surface area (Å²) in [4.78, 5) is 2.51. The highest BCUT2D eigenvalue weighted by molar-refractivity contribution is 9.09. The first kappa shape index (κ1) is 7.55. The maximum atomic E-state index is 3.47. The molecule has 1 atom stereocenters. The predicted molar refractivity (Wildman–Crippen MR) is 44.0 cm³/mol. The van der Waals surface area contributed by atoms with Gasteiger partial charge in [0.25, 0.3) is 0 Å². The first-order valence-corrected chi connectivity index (χ1v) is 4.73. The minimum atomic E-state index is 0.824. The largest absolute Gasteiger partial charge is 0.303 e. The van der Waals surface area contributed by atoms with Crippen molar-refractivity contribution in [1.29, 1.82) is 0 Å². The van der Waals surface area contributed by atoms with Crippen LogP contribution in [-0.4, -0.2) is 29.9 Å². The Kier molecular flexibility index (Phi) is 2.99. The SMILES string of the molecule is CC(CBr)CN1CCC1. The van der Waals surface area contributed by atoms with Crippen LogP contribution in [0.25, 0.3) is 0 Å². The van der Waals surface area contributed by atoms with E-state index in [-0.39, 0.29) is 0 Å². The van der Waals surface area contributed by atoms with Crippen LogP contribution in [0.3, 0.4) is 0 Å². The number of halogens is 1. The molecule has 0 aromatic carbocycles. The lowest BCUT2D eigenvalue weighted by Crippen LogP contribution is -2.40. The van der Waals surface area contributed by atoms with Gasteiger partial charge in [0.2, 0.25) is 0 Å². The Morgan fingerprint density at radius 2 is 2.22 bits per heavy atom. The number of hydrogen-bond acceptors (Lipinski definition) is 1. The third-order valence-corrected chi connectivity index (χ3v) is 2.89. The Morgan fingerprint density at radius 1 is 1.56 bits per heavy atom. The molecule has 1 rings (SSSR count). The van der Waals surface area contributed by atoms with Gasteiger partial charge in [-0.25, -0.2) is 0 Å². The third kappa shape index (κ3) is 2.26. The quantitative estimate of drug-likeness (QED) is 0.615. The number of alkyl halides is 1. The van der Waals surface area contributed by atoms with E-state index in [1.54, 1.807) is 0 Å². The molecule has 0 aliphatic carbocycles. The fourth-order valence-electron chi connectivity index (χ4n) is 1.05. The van der Waals surface area contributed by atoms with Crippen molar-refractivity contribution in [2.75, 3.05) is 25.0 Å². The van der Waals surface area contributed by atoms with Crippen molar-refractivity contribution < 1.29 is 0 Å². The molecule has 0 N–H and O–H groups in total. The van der Waals surface area contributed by atoms with Crippen molar-refractivity contribution >= 4 is 15.9 Å². The topological polar surface area (TPSA) is 3.24 Å². The van der Waals surface area contributed by atoms with E-state index < -0.39 is 0 Å². The number of nitrogens with zero attached hydrogens (tertiary/aromatic N) is 1. The van der Waals surface area contributed by atoms with Crippen molar-refractivity contribution in [2.24, 2.45) is 5.92 Å². The average molecular weight is 192 g/mol. The van der Waals surface area contributed by atoms with Crippen LogP contribution < -0.4 is 0 Å². The molecule has 9 heavy (non-hydrogen) atoms. The fourth-order valence-corrected chi connectivity index (χ4v) is 1.26. The smallest absolute Gasteiger partial charge is 0.00692 e. The summed E-state index contributed by atoms with van der Waals surface area (Å²) in [5.41, 5.74) is 0. The predicted octanol–water partition coefficient (Wildman–Crippen LogP) is 1.72. The third-order valence-electron chi connectivity index (χ3n) is 1.78. The van der Waals surface area contributed by atoms with Crippen molar-refractivity contribution in [3.8, 4) is 0 Å². The van der Waals surface area contributed by atoms with Gasteiger partial charge in [0.15, 0.2) is 0 Å². The summed E-state index contributed by atoms with van der Waals surface area (Å²) in [5.74, 6) is 0.824. The monoisotopic (exact) mass is 191 g/mol. The van der Waals surface area contributed by atoms with E-state index in [9.17, 15) is 0 Å². The highest BCUT2D eigenvalue weighted by Gasteiger charge is 2.15. The molecule has 0 aromatic heterocycles. The van der Waals surface area contributed by atoms with Gasteiger partial charge in [-0.15, -0.1) is 0 Å². The Balaban J connectivity index is 2.01. The van der Waals surface area contributed by atoms with Crippen LogP contribution in [-0.2, 0) is 0 Å². The number of hydrogen-bond donors (Lipinski definition) is 0. The molecule has 1 saturated heterocycles. The molecule has 2 heteroatoms. The first-order valence-electron chi connectivity index (χ1n) is 3.61. The first-order chi connectivity index (χ1) is 4.33. The Morgan fingerprint density at radius 3 is 2.56 bits per heavy atom. The molecule has 1 unspecified atom stereocenters. The molecule has 1 aliphatic rings.